The molecule has 12 heavy (non-hydrogen) atoms. The number of halogens is 2. The van der Waals surface area contributed by atoms with Gasteiger partial charge in [-0.15, -0.1) is 0 Å². The summed E-state index contributed by atoms with van der Waals surface area (Å²) in [7, 11) is 0. The Bertz CT molecular complexity index is 269. The average molecular weight is 310 g/mol. The standard InChI is InChI=1S/C6H3Cl2.3CH3.Sn/c7-5-2-1-3-6(8)4-5;;;;/h2-4H;3*1H3;. The van der Waals surface area contributed by atoms with Gasteiger partial charge >= 0.3 is 88.2 Å². The molecule has 0 atom stereocenters. The second-order valence-corrected chi connectivity index (χ2v) is 19.3. The molecular weight excluding hydrogens is 298 g/mol. The monoisotopic (exact) mass is 310 g/mol. The molecule has 0 aliphatic carbocycles. The molecular formula is C9H12Cl2Sn. The zero-order valence-electron chi connectivity index (χ0n) is 7.49. The van der Waals surface area contributed by atoms with Gasteiger partial charge in [0.15, 0.2) is 0 Å². The first-order valence-corrected chi connectivity index (χ1v) is 14.6. The number of benzene rings is 1. The van der Waals surface area contributed by atoms with E-state index in [1.807, 2.05) is 12.1 Å². The van der Waals surface area contributed by atoms with Gasteiger partial charge in [-0.05, 0) is 0 Å². The fourth-order valence-electron chi connectivity index (χ4n) is 0.987. The molecule has 0 fully saturated rings. The first kappa shape index (κ1) is 10.7. The van der Waals surface area contributed by atoms with E-state index in [0.717, 1.165) is 10.0 Å². The summed E-state index contributed by atoms with van der Waals surface area (Å²) in [5.41, 5.74) is 0. The van der Waals surface area contributed by atoms with Gasteiger partial charge < -0.3 is 0 Å². The van der Waals surface area contributed by atoms with E-state index >= 15 is 0 Å². The van der Waals surface area contributed by atoms with Crippen LogP contribution in [0.5, 0.6) is 0 Å². The minimum absolute atomic E-state index is 0.754. The molecule has 1 rings (SSSR count). The van der Waals surface area contributed by atoms with E-state index in [0.29, 0.717) is 0 Å². The molecule has 0 spiro atoms. The van der Waals surface area contributed by atoms with Gasteiger partial charge in [-0.3, -0.25) is 0 Å². The molecule has 0 aliphatic heterocycles. The zero-order valence-corrected chi connectivity index (χ0v) is 11.9. The average Bonchev–Trinajstić information content (AvgIpc) is 1.82. The van der Waals surface area contributed by atoms with Crippen molar-refractivity contribution in [1.29, 1.82) is 0 Å². The van der Waals surface area contributed by atoms with Crippen molar-refractivity contribution in [1.82, 2.24) is 0 Å². The van der Waals surface area contributed by atoms with E-state index in [1.54, 1.807) is 6.07 Å². The van der Waals surface area contributed by atoms with Gasteiger partial charge in [0.25, 0.3) is 0 Å². The van der Waals surface area contributed by atoms with Gasteiger partial charge in [-0.2, -0.15) is 0 Å². The SMILES string of the molecule is [CH3][Sn]([CH3])([CH3])[c]1cc(Cl)cc(Cl)c1. The summed E-state index contributed by atoms with van der Waals surface area (Å²) in [6.45, 7) is 0. The third-order valence-corrected chi connectivity index (χ3v) is 7.93. The zero-order chi connectivity index (χ0) is 9.35. The predicted octanol–water partition coefficient (Wildman–Crippen LogP) is 3.54. The van der Waals surface area contributed by atoms with Crippen molar-refractivity contribution in [3.63, 3.8) is 0 Å². The molecule has 0 saturated carbocycles. The molecule has 0 bridgehead atoms. The minimum atomic E-state index is -1.97. The predicted molar refractivity (Wildman–Crippen MR) is 59.4 cm³/mol. The normalized spacial score (nSPS) is 11.8. The van der Waals surface area contributed by atoms with E-state index in [9.17, 15) is 0 Å². The summed E-state index contributed by atoms with van der Waals surface area (Å²) in [6.07, 6.45) is 0. The van der Waals surface area contributed by atoms with Gasteiger partial charge in [0.2, 0.25) is 0 Å². The first-order chi connectivity index (χ1) is 5.39. The molecule has 0 unspecified atom stereocenters. The van der Waals surface area contributed by atoms with Crippen LogP contribution in [0.4, 0.5) is 0 Å². The molecule has 66 valence electrons. The molecule has 0 heterocycles. The Balaban J connectivity index is 3.18. The van der Waals surface area contributed by atoms with Crippen LogP contribution in [0.25, 0.3) is 0 Å². The van der Waals surface area contributed by atoms with Crippen molar-refractivity contribution in [2.45, 2.75) is 14.8 Å². The summed E-state index contributed by atoms with van der Waals surface area (Å²) in [4.78, 5) is 7.03. The maximum atomic E-state index is 5.91. The Morgan fingerprint density at radius 1 is 0.917 bits per heavy atom. The third kappa shape index (κ3) is 2.82. The molecule has 0 amide bonds. The van der Waals surface area contributed by atoms with Gasteiger partial charge in [0.05, 0.1) is 0 Å². The van der Waals surface area contributed by atoms with Crippen molar-refractivity contribution < 1.29 is 0 Å². The second kappa shape index (κ2) is 3.77. The van der Waals surface area contributed by atoms with Crippen LogP contribution in [0.15, 0.2) is 18.2 Å². The fraction of sp³-hybridized carbons (Fsp3) is 0.333. The quantitative estimate of drug-likeness (QED) is 0.696. The number of hydrogen-bond acceptors (Lipinski definition) is 0. The van der Waals surface area contributed by atoms with E-state index in [-0.39, 0.29) is 0 Å². The van der Waals surface area contributed by atoms with Crippen LogP contribution >= 0.6 is 23.2 Å². The van der Waals surface area contributed by atoms with Crippen molar-refractivity contribution in [2.24, 2.45) is 0 Å². The summed E-state index contributed by atoms with van der Waals surface area (Å²) in [5.74, 6) is 0. The van der Waals surface area contributed by atoms with Crippen LogP contribution in [0.3, 0.4) is 0 Å². The van der Waals surface area contributed by atoms with Crippen molar-refractivity contribution in [2.75, 3.05) is 0 Å². The van der Waals surface area contributed by atoms with E-state index in [1.165, 1.54) is 3.58 Å². The molecule has 0 radical (unpaired) electrons. The Labute approximate surface area is 87.8 Å². The molecule has 0 aliphatic rings. The van der Waals surface area contributed by atoms with Gasteiger partial charge in [-0.1, -0.05) is 0 Å². The van der Waals surface area contributed by atoms with E-state index < -0.39 is 18.4 Å². The van der Waals surface area contributed by atoms with Crippen LogP contribution in [-0.4, -0.2) is 18.4 Å². The summed E-state index contributed by atoms with van der Waals surface area (Å²) >= 11 is 9.84. The van der Waals surface area contributed by atoms with Crippen LogP contribution in [0.2, 0.25) is 24.9 Å². The molecule has 1 aromatic carbocycles. The van der Waals surface area contributed by atoms with E-state index in [4.69, 9.17) is 23.2 Å². The maximum absolute atomic E-state index is 5.91. The third-order valence-electron chi connectivity index (χ3n) is 1.73. The number of hydrogen-bond donors (Lipinski definition) is 0. The van der Waals surface area contributed by atoms with Crippen molar-refractivity contribution in [3.8, 4) is 0 Å². The second-order valence-electron chi connectivity index (χ2n) is 3.91. The van der Waals surface area contributed by atoms with Crippen LogP contribution in [0.1, 0.15) is 0 Å². The molecule has 3 heteroatoms. The molecule has 0 saturated heterocycles. The Morgan fingerprint density at radius 2 is 1.33 bits per heavy atom. The van der Waals surface area contributed by atoms with Gasteiger partial charge in [0, 0.05) is 0 Å². The van der Waals surface area contributed by atoms with E-state index in [2.05, 4.69) is 14.8 Å². The molecule has 1 aromatic rings. The summed E-state index contributed by atoms with van der Waals surface area (Å²) in [6, 6.07) is 5.87. The van der Waals surface area contributed by atoms with Gasteiger partial charge in [-0.25, -0.2) is 0 Å². The molecule has 0 aromatic heterocycles. The van der Waals surface area contributed by atoms with Gasteiger partial charge in [0.1, 0.15) is 0 Å². The number of rotatable bonds is 1. The fourth-order valence-corrected chi connectivity index (χ4v) is 5.39. The van der Waals surface area contributed by atoms with Crippen molar-refractivity contribution >= 4 is 45.2 Å². The first-order valence-electron chi connectivity index (χ1n) is 3.86. The summed E-state index contributed by atoms with van der Waals surface area (Å²) in [5, 5.41) is 1.51. The topological polar surface area (TPSA) is 0 Å². The Kier molecular flexibility index (Phi) is 3.35. The van der Waals surface area contributed by atoms with Crippen molar-refractivity contribution in [3.05, 3.63) is 28.2 Å². The van der Waals surface area contributed by atoms with Crippen LogP contribution in [0, 0.1) is 0 Å². The Morgan fingerprint density at radius 3 is 1.67 bits per heavy atom. The molecule has 0 N–H and O–H groups in total. The Hall–Kier alpha value is 0.599. The summed E-state index contributed by atoms with van der Waals surface area (Å²) < 4.78 is 1.38. The molecule has 0 nitrogen and oxygen atoms in total. The van der Waals surface area contributed by atoms with Crippen LogP contribution < -0.4 is 3.58 Å². The van der Waals surface area contributed by atoms with Crippen LogP contribution in [-0.2, 0) is 0 Å².